The zero-order chi connectivity index (χ0) is 15.6. The van der Waals surface area contributed by atoms with Crippen molar-refractivity contribution in [1.82, 2.24) is 4.90 Å². The predicted molar refractivity (Wildman–Crippen MR) is 78.7 cm³/mol. The van der Waals surface area contributed by atoms with E-state index in [4.69, 9.17) is 4.74 Å². The van der Waals surface area contributed by atoms with Gasteiger partial charge in [0.1, 0.15) is 5.69 Å². The van der Waals surface area contributed by atoms with Gasteiger partial charge in [-0.25, -0.2) is 0 Å². The van der Waals surface area contributed by atoms with E-state index in [1.54, 1.807) is 43.1 Å². The molecule has 1 aliphatic rings. The summed E-state index contributed by atoms with van der Waals surface area (Å²) in [5.41, 5.74) is 0.755. The Morgan fingerprint density at radius 2 is 2.19 bits per heavy atom. The molecule has 2 rings (SSSR count). The normalized spacial score (nSPS) is 17.9. The molecule has 1 saturated heterocycles. The lowest BCUT2D eigenvalue weighted by atomic mass is 10.1. The molecule has 0 N–H and O–H groups in total. The number of methoxy groups -OCH3 is 1. The molecule has 1 unspecified atom stereocenters. The highest BCUT2D eigenvalue weighted by Crippen LogP contribution is 2.28. The number of carbonyl (C=O) groups is 1. The van der Waals surface area contributed by atoms with Crippen LogP contribution in [0.4, 0.5) is 11.4 Å². The maximum atomic E-state index is 12.4. The Morgan fingerprint density at radius 3 is 2.71 bits per heavy atom. The molecule has 1 fully saturated rings. The quantitative estimate of drug-likeness (QED) is 0.621. The average molecular weight is 293 g/mol. The SMILES string of the molecule is COC1CCN(C(=O)c2ccc(N(C)C)c([N+](=O)[O-])c2)C1. The van der Waals surface area contributed by atoms with Crippen molar-refractivity contribution >= 4 is 17.3 Å². The molecule has 7 heteroatoms. The lowest BCUT2D eigenvalue weighted by Crippen LogP contribution is -2.30. The first-order valence-electron chi connectivity index (χ1n) is 6.72. The van der Waals surface area contributed by atoms with E-state index in [1.807, 2.05) is 0 Å². The van der Waals surface area contributed by atoms with Gasteiger partial charge in [0.05, 0.1) is 11.0 Å². The predicted octanol–water partition coefficient (Wildman–Crippen LogP) is 1.52. The molecule has 21 heavy (non-hydrogen) atoms. The summed E-state index contributed by atoms with van der Waals surface area (Å²) >= 11 is 0. The Balaban J connectivity index is 2.26. The van der Waals surface area contributed by atoms with Crippen LogP contribution in [0.1, 0.15) is 16.8 Å². The van der Waals surface area contributed by atoms with E-state index in [2.05, 4.69) is 0 Å². The maximum Gasteiger partial charge on any atom is 0.293 e. The van der Waals surface area contributed by atoms with Gasteiger partial charge in [-0.1, -0.05) is 0 Å². The van der Waals surface area contributed by atoms with E-state index in [0.717, 1.165) is 6.42 Å². The van der Waals surface area contributed by atoms with Gasteiger partial charge < -0.3 is 14.5 Å². The second kappa shape index (κ2) is 6.09. The summed E-state index contributed by atoms with van der Waals surface area (Å²) in [7, 11) is 5.08. The van der Waals surface area contributed by atoms with E-state index in [-0.39, 0.29) is 17.7 Å². The maximum absolute atomic E-state index is 12.4. The van der Waals surface area contributed by atoms with Gasteiger partial charge >= 0.3 is 0 Å². The first kappa shape index (κ1) is 15.2. The minimum Gasteiger partial charge on any atom is -0.380 e. The highest BCUT2D eigenvalue weighted by molar-refractivity contribution is 5.96. The third kappa shape index (κ3) is 3.13. The lowest BCUT2D eigenvalue weighted by Gasteiger charge is -2.17. The molecule has 0 spiro atoms. The number of amides is 1. The second-order valence-electron chi connectivity index (χ2n) is 5.25. The minimum absolute atomic E-state index is 0.0463. The number of hydrogen-bond acceptors (Lipinski definition) is 5. The summed E-state index contributed by atoms with van der Waals surface area (Å²) in [6.07, 6.45) is 0.838. The van der Waals surface area contributed by atoms with Crippen LogP contribution in [0.5, 0.6) is 0 Å². The lowest BCUT2D eigenvalue weighted by molar-refractivity contribution is -0.384. The van der Waals surface area contributed by atoms with E-state index in [9.17, 15) is 14.9 Å². The van der Waals surface area contributed by atoms with Crippen molar-refractivity contribution in [1.29, 1.82) is 0 Å². The Bertz CT molecular complexity index is 559. The summed E-state index contributed by atoms with van der Waals surface area (Å²) in [6.45, 7) is 1.14. The van der Waals surface area contributed by atoms with Crippen molar-refractivity contribution in [3.8, 4) is 0 Å². The number of nitro benzene ring substituents is 1. The third-order valence-corrected chi connectivity index (χ3v) is 3.67. The number of rotatable bonds is 4. The molecule has 1 aliphatic heterocycles. The van der Waals surface area contributed by atoms with E-state index in [1.165, 1.54) is 6.07 Å². The van der Waals surface area contributed by atoms with Crippen molar-refractivity contribution in [3.63, 3.8) is 0 Å². The summed E-state index contributed by atoms with van der Waals surface area (Å²) < 4.78 is 5.23. The molecule has 1 heterocycles. The number of ether oxygens (including phenoxy) is 1. The molecule has 7 nitrogen and oxygen atoms in total. The Hall–Kier alpha value is -2.15. The van der Waals surface area contributed by atoms with E-state index >= 15 is 0 Å². The zero-order valence-corrected chi connectivity index (χ0v) is 12.4. The van der Waals surface area contributed by atoms with Crippen LogP contribution in [-0.2, 0) is 4.74 Å². The van der Waals surface area contributed by atoms with Crippen LogP contribution in [0.25, 0.3) is 0 Å². The number of anilines is 1. The monoisotopic (exact) mass is 293 g/mol. The van der Waals surface area contributed by atoms with Gasteiger partial charge in [0, 0.05) is 45.9 Å². The molecule has 1 aromatic rings. The van der Waals surface area contributed by atoms with Crippen LogP contribution in [0.3, 0.4) is 0 Å². The van der Waals surface area contributed by atoms with Gasteiger partial charge in [-0.05, 0) is 18.6 Å². The zero-order valence-electron chi connectivity index (χ0n) is 12.4. The number of likely N-dealkylation sites (tertiary alicyclic amines) is 1. The molecule has 0 aromatic heterocycles. The molecule has 1 amide bonds. The molecule has 1 atom stereocenters. The summed E-state index contributed by atoms with van der Waals surface area (Å²) in [6, 6.07) is 4.58. The Kier molecular flexibility index (Phi) is 4.42. The van der Waals surface area contributed by atoms with Crippen molar-refractivity contribution in [3.05, 3.63) is 33.9 Å². The van der Waals surface area contributed by atoms with Crippen LogP contribution in [-0.4, -0.2) is 56.1 Å². The van der Waals surface area contributed by atoms with E-state index < -0.39 is 4.92 Å². The summed E-state index contributed by atoms with van der Waals surface area (Å²) in [5, 5.41) is 11.2. The topological polar surface area (TPSA) is 75.9 Å². The van der Waals surface area contributed by atoms with Gasteiger partial charge in [0.25, 0.3) is 11.6 Å². The Morgan fingerprint density at radius 1 is 1.48 bits per heavy atom. The standard InChI is InChI=1S/C14H19N3O4/c1-15(2)12-5-4-10(8-13(12)17(19)20)14(18)16-7-6-11(9-16)21-3/h4-5,8,11H,6-7,9H2,1-3H3. The van der Waals surface area contributed by atoms with Gasteiger partial charge in [-0.3, -0.25) is 14.9 Å². The number of carbonyl (C=O) groups excluding carboxylic acids is 1. The van der Waals surface area contributed by atoms with E-state index in [0.29, 0.717) is 24.3 Å². The molecule has 1 aromatic carbocycles. The fourth-order valence-corrected chi connectivity index (χ4v) is 2.47. The van der Waals surface area contributed by atoms with Crippen molar-refractivity contribution in [2.75, 3.05) is 39.2 Å². The fourth-order valence-electron chi connectivity index (χ4n) is 2.47. The van der Waals surface area contributed by atoms with Crippen molar-refractivity contribution < 1.29 is 14.5 Å². The number of hydrogen-bond donors (Lipinski definition) is 0. The Labute approximate surface area is 123 Å². The van der Waals surface area contributed by atoms with Crippen LogP contribution < -0.4 is 4.90 Å². The average Bonchev–Trinajstić information content (AvgIpc) is 2.94. The molecule has 0 bridgehead atoms. The molecular weight excluding hydrogens is 274 g/mol. The number of benzene rings is 1. The molecule has 0 radical (unpaired) electrons. The second-order valence-corrected chi connectivity index (χ2v) is 5.25. The molecule has 0 saturated carbocycles. The van der Waals surface area contributed by atoms with Gasteiger partial charge in [0.15, 0.2) is 0 Å². The molecular formula is C14H19N3O4. The first-order chi connectivity index (χ1) is 9.93. The molecule has 0 aliphatic carbocycles. The summed E-state index contributed by atoms with van der Waals surface area (Å²) in [4.78, 5) is 26.4. The van der Waals surface area contributed by atoms with Crippen molar-refractivity contribution in [2.45, 2.75) is 12.5 Å². The number of nitro groups is 1. The van der Waals surface area contributed by atoms with Crippen LogP contribution in [0, 0.1) is 10.1 Å². The minimum atomic E-state index is -0.464. The van der Waals surface area contributed by atoms with Crippen molar-refractivity contribution in [2.24, 2.45) is 0 Å². The van der Waals surface area contributed by atoms with Gasteiger partial charge in [-0.2, -0.15) is 0 Å². The highest BCUT2D eigenvalue weighted by atomic mass is 16.6. The summed E-state index contributed by atoms with van der Waals surface area (Å²) in [5.74, 6) is -0.192. The fraction of sp³-hybridized carbons (Fsp3) is 0.500. The molecule has 114 valence electrons. The number of nitrogens with zero attached hydrogens (tertiary/aromatic N) is 3. The van der Waals surface area contributed by atoms with Gasteiger partial charge in [-0.15, -0.1) is 0 Å². The van der Waals surface area contributed by atoms with Crippen LogP contribution >= 0.6 is 0 Å². The highest BCUT2D eigenvalue weighted by Gasteiger charge is 2.28. The van der Waals surface area contributed by atoms with Crippen LogP contribution in [0.15, 0.2) is 18.2 Å². The first-order valence-corrected chi connectivity index (χ1v) is 6.72. The van der Waals surface area contributed by atoms with Crippen LogP contribution in [0.2, 0.25) is 0 Å². The van der Waals surface area contributed by atoms with Gasteiger partial charge in [0.2, 0.25) is 0 Å². The largest absolute Gasteiger partial charge is 0.380 e. The smallest absolute Gasteiger partial charge is 0.293 e. The third-order valence-electron chi connectivity index (χ3n) is 3.67.